The zero-order valence-corrected chi connectivity index (χ0v) is 14.8. The van der Waals surface area contributed by atoms with E-state index >= 15 is 0 Å². The molecule has 2 N–H and O–H groups in total. The number of nitrogens with zero attached hydrogens (tertiary/aromatic N) is 1. The Bertz CT molecular complexity index is 792. The van der Waals surface area contributed by atoms with Gasteiger partial charge in [-0.1, -0.05) is 13.3 Å². The van der Waals surface area contributed by atoms with E-state index in [-0.39, 0.29) is 0 Å². The lowest BCUT2D eigenvalue weighted by Crippen LogP contribution is -2.49. The van der Waals surface area contributed by atoms with Gasteiger partial charge in [0.2, 0.25) is 5.91 Å². The molecule has 1 spiro atoms. The maximum absolute atomic E-state index is 13.7. The Balaban J connectivity index is 1.67. The molecular weight excluding hydrogens is 363 g/mol. The van der Waals surface area contributed by atoms with Crippen LogP contribution in [0.5, 0.6) is 0 Å². The molecule has 146 valence electrons. The van der Waals surface area contributed by atoms with Crippen molar-refractivity contribution in [3.05, 3.63) is 29.6 Å². The maximum atomic E-state index is 13.7. The second-order valence-corrected chi connectivity index (χ2v) is 7.03. The van der Waals surface area contributed by atoms with Crippen LogP contribution >= 0.6 is 0 Å². The summed E-state index contributed by atoms with van der Waals surface area (Å²) in [6, 6.07) is 0.851. The van der Waals surface area contributed by atoms with E-state index < -0.39 is 53.1 Å². The van der Waals surface area contributed by atoms with Gasteiger partial charge in [-0.15, -0.1) is 0 Å². The fourth-order valence-corrected chi connectivity index (χ4v) is 3.69. The predicted molar refractivity (Wildman–Crippen MR) is 90.2 cm³/mol. The summed E-state index contributed by atoms with van der Waals surface area (Å²) >= 11 is 0. The number of amides is 4. The lowest BCUT2D eigenvalue weighted by molar-refractivity contribution is -0.135. The highest BCUT2D eigenvalue weighted by molar-refractivity contribution is 6.10. The Labute approximate surface area is 154 Å². The number of benzene rings is 1. The summed E-state index contributed by atoms with van der Waals surface area (Å²) in [7, 11) is 0. The van der Waals surface area contributed by atoms with Crippen LogP contribution in [-0.4, -0.2) is 34.8 Å². The Morgan fingerprint density at radius 3 is 2.52 bits per heavy atom. The number of hydrogen-bond acceptors (Lipinski definition) is 3. The molecule has 9 heteroatoms. The van der Waals surface area contributed by atoms with E-state index in [9.17, 15) is 27.6 Å². The van der Waals surface area contributed by atoms with Gasteiger partial charge >= 0.3 is 6.03 Å². The van der Waals surface area contributed by atoms with Gasteiger partial charge in [-0.05, 0) is 43.7 Å². The second kappa shape index (κ2) is 7.21. The molecule has 0 unspecified atom stereocenters. The van der Waals surface area contributed by atoms with Gasteiger partial charge in [-0.25, -0.2) is 18.0 Å². The molecule has 3 rings (SSSR count). The average molecular weight is 383 g/mol. The molecule has 1 aliphatic heterocycles. The van der Waals surface area contributed by atoms with Crippen molar-refractivity contribution in [2.45, 2.75) is 44.6 Å². The summed E-state index contributed by atoms with van der Waals surface area (Å²) < 4.78 is 39.8. The van der Waals surface area contributed by atoms with Gasteiger partial charge in [0.05, 0.1) is 5.69 Å². The number of rotatable bonds is 4. The molecule has 1 aromatic rings. The van der Waals surface area contributed by atoms with Crippen molar-refractivity contribution < 1.29 is 27.6 Å². The molecule has 1 heterocycles. The van der Waals surface area contributed by atoms with Crippen molar-refractivity contribution >= 4 is 23.5 Å². The third-order valence-electron chi connectivity index (χ3n) is 5.39. The van der Waals surface area contributed by atoms with Gasteiger partial charge in [0.25, 0.3) is 5.91 Å². The van der Waals surface area contributed by atoms with Crippen molar-refractivity contribution in [1.29, 1.82) is 0 Å². The molecule has 1 aromatic carbocycles. The van der Waals surface area contributed by atoms with Gasteiger partial charge in [-0.3, -0.25) is 14.5 Å². The first-order valence-electron chi connectivity index (χ1n) is 8.85. The van der Waals surface area contributed by atoms with Crippen molar-refractivity contribution in [1.82, 2.24) is 10.2 Å². The molecule has 0 radical (unpaired) electrons. The van der Waals surface area contributed by atoms with Crippen LogP contribution in [-0.2, 0) is 9.59 Å². The number of carbonyl (C=O) groups excluding carboxylic acids is 3. The van der Waals surface area contributed by atoms with E-state index in [1.54, 1.807) is 0 Å². The van der Waals surface area contributed by atoms with Gasteiger partial charge < -0.3 is 10.6 Å². The van der Waals surface area contributed by atoms with E-state index in [1.165, 1.54) is 0 Å². The van der Waals surface area contributed by atoms with Crippen molar-refractivity contribution in [3.8, 4) is 0 Å². The molecule has 27 heavy (non-hydrogen) atoms. The lowest BCUT2D eigenvalue weighted by atomic mass is 9.75. The molecule has 6 nitrogen and oxygen atoms in total. The number of imide groups is 1. The number of hydrogen-bond donors (Lipinski definition) is 2. The summed E-state index contributed by atoms with van der Waals surface area (Å²) in [6.45, 7) is 1.44. The molecular formula is C18H20F3N3O3. The smallest absolute Gasteiger partial charge is 0.323 e. The van der Waals surface area contributed by atoms with E-state index in [0.29, 0.717) is 24.8 Å². The Hall–Kier alpha value is -2.58. The normalized spacial score (nSPS) is 25.0. The summed E-state index contributed by atoms with van der Waals surface area (Å²) in [6.07, 6.45) is 3.63. The van der Waals surface area contributed by atoms with E-state index in [4.69, 9.17) is 0 Å². The minimum absolute atomic E-state index is 0.483. The van der Waals surface area contributed by atoms with E-state index in [1.807, 2.05) is 0 Å². The second-order valence-electron chi connectivity index (χ2n) is 7.03. The maximum Gasteiger partial charge on any atom is 0.325 e. The first-order valence-corrected chi connectivity index (χ1v) is 8.85. The number of nitrogens with one attached hydrogen (secondary N) is 2. The highest BCUT2D eigenvalue weighted by Crippen LogP contribution is 2.37. The Morgan fingerprint density at radius 2 is 1.89 bits per heavy atom. The van der Waals surface area contributed by atoms with Crippen LogP contribution in [0, 0.1) is 23.4 Å². The van der Waals surface area contributed by atoms with E-state index in [0.717, 1.165) is 30.2 Å². The summed E-state index contributed by atoms with van der Waals surface area (Å²) in [5.41, 5.74) is -1.56. The van der Waals surface area contributed by atoms with Crippen LogP contribution in [0.15, 0.2) is 12.1 Å². The predicted octanol–water partition coefficient (Wildman–Crippen LogP) is 2.93. The minimum Gasteiger partial charge on any atom is -0.323 e. The third kappa shape index (κ3) is 3.50. The summed E-state index contributed by atoms with van der Waals surface area (Å²) in [5, 5.41) is 4.74. The summed E-state index contributed by atoms with van der Waals surface area (Å²) in [5.74, 6) is -5.51. The fourth-order valence-electron chi connectivity index (χ4n) is 3.69. The van der Waals surface area contributed by atoms with Crippen LogP contribution in [0.3, 0.4) is 0 Å². The lowest BCUT2D eigenvalue weighted by Gasteiger charge is -2.34. The van der Waals surface area contributed by atoms with Crippen molar-refractivity contribution in [2.75, 3.05) is 11.9 Å². The first-order chi connectivity index (χ1) is 12.8. The monoisotopic (exact) mass is 383 g/mol. The molecule has 1 aliphatic carbocycles. The molecule has 2 aliphatic rings. The molecule has 2 fully saturated rings. The average Bonchev–Trinajstić information content (AvgIpc) is 2.87. The highest BCUT2D eigenvalue weighted by Gasteiger charge is 2.52. The van der Waals surface area contributed by atoms with Gasteiger partial charge in [0, 0.05) is 0 Å². The highest BCUT2D eigenvalue weighted by atomic mass is 19.2. The standard InChI is InChI=1S/C18H20F3N3O3/c1-2-10-5-7-18(8-6-10)16(26)24(17(27)23-18)9-13(25)22-12-4-3-11(19)14(20)15(12)21/h3-4,10H,2,5-9H2,1H3,(H,22,25)(H,23,27). The quantitative estimate of drug-likeness (QED) is 0.620. The fraction of sp³-hybridized carbons (Fsp3) is 0.500. The minimum atomic E-state index is -1.71. The topological polar surface area (TPSA) is 78.5 Å². The molecule has 0 aromatic heterocycles. The van der Waals surface area contributed by atoms with Crippen LogP contribution in [0.1, 0.15) is 39.0 Å². The molecule has 1 saturated heterocycles. The van der Waals surface area contributed by atoms with Crippen LogP contribution in [0.25, 0.3) is 0 Å². The van der Waals surface area contributed by atoms with Gasteiger partial charge in [-0.2, -0.15) is 0 Å². The molecule has 0 bridgehead atoms. The van der Waals surface area contributed by atoms with Crippen LogP contribution in [0.2, 0.25) is 0 Å². The SMILES string of the molecule is CCC1CCC2(CC1)NC(=O)N(CC(=O)Nc1ccc(F)c(F)c1F)C2=O. The van der Waals surface area contributed by atoms with Gasteiger partial charge in [0.15, 0.2) is 17.5 Å². The van der Waals surface area contributed by atoms with Crippen molar-refractivity contribution in [2.24, 2.45) is 5.92 Å². The molecule has 1 saturated carbocycles. The van der Waals surface area contributed by atoms with Crippen molar-refractivity contribution in [3.63, 3.8) is 0 Å². The Morgan fingerprint density at radius 1 is 1.22 bits per heavy atom. The Kier molecular flexibility index (Phi) is 5.12. The first kappa shape index (κ1) is 19.2. The number of carbonyl (C=O) groups is 3. The largest absolute Gasteiger partial charge is 0.325 e. The van der Waals surface area contributed by atoms with Crippen LogP contribution < -0.4 is 10.6 Å². The number of urea groups is 1. The van der Waals surface area contributed by atoms with Crippen LogP contribution in [0.4, 0.5) is 23.7 Å². The number of halogens is 3. The summed E-state index contributed by atoms with van der Waals surface area (Å²) in [4.78, 5) is 37.8. The zero-order chi connectivity index (χ0) is 19.8. The number of anilines is 1. The molecule has 0 atom stereocenters. The van der Waals surface area contributed by atoms with Gasteiger partial charge in [0.1, 0.15) is 12.1 Å². The molecule has 4 amide bonds. The third-order valence-corrected chi connectivity index (χ3v) is 5.39. The van der Waals surface area contributed by atoms with E-state index in [2.05, 4.69) is 17.6 Å². The zero-order valence-electron chi connectivity index (χ0n) is 14.8.